The predicted octanol–water partition coefficient (Wildman–Crippen LogP) is 1.50. The lowest BCUT2D eigenvalue weighted by Gasteiger charge is -2.38. The second kappa shape index (κ2) is 11.8. The van der Waals surface area contributed by atoms with Crippen LogP contribution in [0.5, 0.6) is 17.2 Å². The molecule has 12 nitrogen and oxygen atoms in total. The summed E-state index contributed by atoms with van der Waals surface area (Å²) in [4.78, 5) is 40.4. The number of primary sulfonamides is 1. The van der Waals surface area contributed by atoms with Crippen molar-refractivity contribution in [3.8, 4) is 17.2 Å². The molecule has 0 unspecified atom stereocenters. The average Bonchev–Trinajstić information content (AvgIpc) is 3.47. The average molecular weight is 601 g/mol. The first-order valence-electron chi connectivity index (χ1n) is 12.7. The summed E-state index contributed by atoms with van der Waals surface area (Å²) in [5, 5.41) is 12.6. The molecule has 1 fully saturated rings. The van der Waals surface area contributed by atoms with Gasteiger partial charge in [0.05, 0.1) is 13.2 Å². The zero-order valence-corrected chi connectivity index (χ0v) is 23.6. The number of hydrogen-bond acceptors (Lipinski definition) is 9. The van der Waals surface area contributed by atoms with Gasteiger partial charge in [0.2, 0.25) is 10.0 Å². The lowest BCUT2D eigenvalue weighted by atomic mass is 10.0. The molecule has 3 aliphatic rings. The number of ether oxygens (including phenoxy) is 3. The number of thiophene rings is 1. The summed E-state index contributed by atoms with van der Waals surface area (Å²) in [7, 11) is -2.64. The van der Waals surface area contributed by atoms with Crippen molar-refractivity contribution in [2.75, 3.05) is 26.8 Å². The van der Waals surface area contributed by atoms with E-state index in [-0.39, 0.29) is 53.2 Å². The molecule has 1 aromatic heterocycles. The van der Waals surface area contributed by atoms with Gasteiger partial charge in [0.15, 0.2) is 18.1 Å². The van der Waals surface area contributed by atoms with Crippen molar-refractivity contribution in [2.24, 2.45) is 5.14 Å². The van der Waals surface area contributed by atoms with Gasteiger partial charge in [0.1, 0.15) is 21.6 Å². The lowest BCUT2D eigenvalue weighted by molar-refractivity contribution is -0.123. The van der Waals surface area contributed by atoms with Crippen LogP contribution in [0.15, 0.2) is 58.8 Å². The van der Waals surface area contributed by atoms with E-state index in [0.717, 1.165) is 16.9 Å². The Hall–Kier alpha value is -4.14. The number of likely N-dealkylation sites (tertiary alicyclic amines) is 1. The third-order valence-electron chi connectivity index (χ3n) is 6.77. The van der Waals surface area contributed by atoms with E-state index in [9.17, 15) is 22.8 Å². The number of methoxy groups -OCH3 is 1. The summed E-state index contributed by atoms with van der Waals surface area (Å²) < 4.78 is 41.3. The fourth-order valence-electron chi connectivity index (χ4n) is 4.65. The maximum Gasteiger partial charge on any atom is 0.265 e. The van der Waals surface area contributed by atoms with Crippen molar-refractivity contribution in [3.63, 3.8) is 0 Å². The molecule has 1 saturated heterocycles. The number of nitrogens with two attached hydrogens (primary N) is 1. The number of nitrogens with one attached hydrogen (secondary N) is 2. The number of carbonyl (C=O) groups is 3. The van der Waals surface area contributed by atoms with Crippen molar-refractivity contribution in [1.29, 1.82) is 0 Å². The molecule has 0 radical (unpaired) electrons. The SMILES string of the molecule is COc1ccc2cc1OCC(=O)NCc1ccc(cc1)O[C@@H]1CCN(C(=O)c3sccc3S(N)(=O)=O)C[C@@H]1NC2=O. The van der Waals surface area contributed by atoms with Crippen molar-refractivity contribution in [3.05, 3.63) is 69.9 Å². The van der Waals surface area contributed by atoms with Crippen molar-refractivity contribution < 1.29 is 37.0 Å². The summed E-state index contributed by atoms with van der Waals surface area (Å²) >= 11 is 0.988. The molecule has 14 heteroatoms. The first-order chi connectivity index (χ1) is 19.6. The number of nitrogens with zero attached hydrogens (tertiary/aromatic N) is 1. The topological polar surface area (TPSA) is 166 Å². The minimum absolute atomic E-state index is 0.0122. The number of fused-ring (bicyclic) bond motifs is 7. The molecule has 0 saturated carbocycles. The van der Waals surface area contributed by atoms with Gasteiger partial charge in [-0.25, -0.2) is 13.6 Å². The van der Waals surface area contributed by atoms with E-state index in [4.69, 9.17) is 19.3 Å². The van der Waals surface area contributed by atoms with Crippen LogP contribution in [0, 0.1) is 0 Å². The minimum Gasteiger partial charge on any atom is -0.493 e. The van der Waals surface area contributed by atoms with Crippen LogP contribution in [0.3, 0.4) is 0 Å². The first-order valence-corrected chi connectivity index (χ1v) is 15.1. The van der Waals surface area contributed by atoms with Crippen molar-refractivity contribution >= 4 is 39.1 Å². The third-order valence-corrected chi connectivity index (χ3v) is 8.75. The Morgan fingerprint density at radius 1 is 1.15 bits per heavy atom. The zero-order chi connectivity index (χ0) is 29.1. The fourth-order valence-corrected chi connectivity index (χ4v) is 6.59. The highest BCUT2D eigenvalue weighted by atomic mass is 32.2. The number of benzene rings is 2. The van der Waals surface area contributed by atoms with Crippen LogP contribution in [0.1, 0.15) is 32.0 Å². The molecule has 0 aliphatic carbocycles. The Morgan fingerprint density at radius 2 is 1.93 bits per heavy atom. The second-order valence-corrected chi connectivity index (χ2v) is 12.0. The van der Waals surface area contributed by atoms with Gasteiger partial charge in [0.25, 0.3) is 17.7 Å². The molecule has 6 rings (SSSR count). The summed E-state index contributed by atoms with van der Waals surface area (Å²) in [6.07, 6.45) is -0.138. The molecule has 3 aromatic rings. The minimum atomic E-state index is -4.09. The number of hydrogen-bond donors (Lipinski definition) is 3. The smallest absolute Gasteiger partial charge is 0.265 e. The van der Waals surface area contributed by atoms with E-state index < -0.39 is 34.0 Å². The molecule has 2 aromatic carbocycles. The van der Waals surface area contributed by atoms with E-state index in [1.165, 1.54) is 29.5 Å². The summed E-state index contributed by atoms with van der Waals surface area (Å²) in [6.45, 7) is 0.329. The Bertz CT molecular complexity index is 1570. The highest BCUT2D eigenvalue weighted by molar-refractivity contribution is 7.89. The quantitative estimate of drug-likeness (QED) is 0.407. The maximum atomic E-state index is 13.4. The largest absolute Gasteiger partial charge is 0.493 e. The van der Waals surface area contributed by atoms with Crippen molar-refractivity contribution in [1.82, 2.24) is 15.5 Å². The van der Waals surface area contributed by atoms with E-state index in [1.54, 1.807) is 24.3 Å². The molecule has 4 N–H and O–H groups in total. The Morgan fingerprint density at radius 3 is 2.66 bits per heavy atom. The summed E-state index contributed by atoms with van der Waals surface area (Å²) in [6, 6.07) is 12.4. The molecule has 41 heavy (non-hydrogen) atoms. The highest BCUT2D eigenvalue weighted by Crippen LogP contribution is 2.29. The van der Waals surface area contributed by atoms with E-state index in [1.807, 2.05) is 12.1 Å². The van der Waals surface area contributed by atoms with Crippen LogP contribution in [0.2, 0.25) is 0 Å². The van der Waals surface area contributed by atoms with Crippen LogP contribution < -0.4 is 30.0 Å². The Kier molecular flexibility index (Phi) is 8.15. The molecule has 216 valence electrons. The number of rotatable bonds is 3. The first kappa shape index (κ1) is 28.4. The van der Waals surface area contributed by atoms with Gasteiger partial charge < -0.3 is 29.7 Å². The van der Waals surface area contributed by atoms with Gasteiger partial charge in [-0.15, -0.1) is 11.3 Å². The van der Waals surface area contributed by atoms with Crippen LogP contribution >= 0.6 is 11.3 Å². The van der Waals surface area contributed by atoms with E-state index >= 15 is 0 Å². The third kappa shape index (κ3) is 6.45. The molecule has 3 amide bonds. The zero-order valence-electron chi connectivity index (χ0n) is 22.0. The number of amides is 3. The van der Waals surface area contributed by atoms with Gasteiger partial charge >= 0.3 is 0 Å². The van der Waals surface area contributed by atoms with Crippen LogP contribution in [-0.4, -0.2) is 70.0 Å². The van der Waals surface area contributed by atoms with Crippen LogP contribution in [0.25, 0.3) is 0 Å². The standard InChI is InChI=1S/C27H28N4O8S2/c1-37-21-7-4-17-12-22(21)38-15-24(32)29-13-16-2-5-18(6-3-16)39-20-8-10-31(14-19(20)30-26(17)33)27(34)25-23(9-11-40-25)41(28,35)36/h2-7,9,11-12,19-20H,8,10,13-15H2,1H3,(H,29,32)(H,30,33)(H2,28,35,36)/t19-,20+/m0/s1. The van der Waals surface area contributed by atoms with Crippen LogP contribution in [-0.2, 0) is 21.4 Å². The van der Waals surface area contributed by atoms with E-state index in [0.29, 0.717) is 17.9 Å². The van der Waals surface area contributed by atoms with Crippen molar-refractivity contribution in [2.45, 2.75) is 30.0 Å². The normalized spacial score (nSPS) is 19.6. The molecular weight excluding hydrogens is 572 g/mol. The van der Waals surface area contributed by atoms with E-state index in [2.05, 4.69) is 10.6 Å². The second-order valence-electron chi connectivity index (χ2n) is 9.51. The highest BCUT2D eigenvalue weighted by Gasteiger charge is 2.36. The predicted molar refractivity (Wildman–Crippen MR) is 149 cm³/mol. The number of carbonyl (C=O) groups excluding carboxylic acids is 3. The summed E-state index contributed by atoms with van der Waals surface area (Å²) in [5.41, 5.74) is 1.09. The Labute approximate surface area is 240 Å². The summed E-state index contributed by atoms with van der Waals surface area (Å²) in [5.74, 6) is -0.195. The molecule has 4 bridgehead atoms. The van der Waals surface area contributed by atoms with Gasteiger partial charge in [-0.3, -0.25) is 14.4 Å². The Balaban J connectivity index is 1.45. The van der Waals surface area contributed by atoms with Gasteiger partial charge in [-0.05, 0) is 47.3 Å². The monoisotopic (exact) mass is 600 g/mol. The number of piperidine rings is 1. The van der Waals surface area contributed by atoms with Crippen LogP contribution in [0.4, 0.5) is 0 Å². The van der Waals surface area contributed by atoms with Gasteiger partial charge in [-0.2, -0.15) is 0 Å². The van der Waals surface area contributed by atoms with Gasteiger partial charge in [-0.1, -0.05) is 12.1 Å². The molecule has 3 aliphatic heterocycles. The maximum absolute atomic E-state index is 13.4. The molecule has 2 atom stereocenters. The molecule has 4 heterocycles. The molecular formula is C27H28N4O8S2. The molecule has 0 spiro atoms. The lowest BCUT2D eigenvalue weighted by Crippen LogP contribution is -2.58. The fraction of sp³-hybridized carbons (Fsp3) is 0.296. The number of sulfonamides is 1. The van der Waals surface area contributed by atoms with Gasteiger partial charge in [0, 0.05) is 31.6 Å².